The first-order valence-electron chi connectivity index (χ1n) is 7.61. The molecule has 0 aromatic heterocycles. The smallest absolute Gasteiger partial charge is 0.254 e. The molecule has 0 saturated carbocycles. The Bertz CT molecular complexity index is 672. The van der Waals surface area contributed by atoms with Crippen LogP contribution in [0.5, 0.6) is 0 Å². The number of carbonyl (C=O) groups is 1. The van der Waals surface area contributed by atoms with E-state index in [-0.39, 0.29) is 11.5 Å². The van der Waals surface area contributed by atoms with Gasteiger partial charge in [0, 0.05) is 25.3 Å². The summed E-state index contributed by atoms with van der Waals surface area (Å²) in [4.78, 5) is 14.2. The Kier molecular flexibility index (Phi) is 4.37. The van der Waals surface area contributed by atoms with E-state index in [0.29, 0.717) is 6.54 Å². The van der Waals surface area contributed by atoms with Crippen molar-refractivity contribution in [2.24, 2.45) is 0 Å². The fourth-order valence-corrected chi connectivity index (χ4v) is 2.85. The number of halogens is 1. The Balaban J connectivity index is 1.47. The summed E-state index contributed by atoms with van der Waals surface area (Å²) >= 11 is 0. The van der Waals surface area contributed by atoms with Crippen LogP contribution in [0.15, 0.2) is 48.5 Å². The molecule has 3 rings (SSSR count). The number of nitrogens with zero attached hydrogens (tertiary/aromatic N) is 1. The van der Waals surface area contributed by atoms with Crippen LogP contribution in [0.3, 0.4) is 0 Å². The summed E-state index contributed by atoms with van der Waals surface area (Å²) < 4.78 is 13.5. The quantitative estimate of drug-likeness (QED) is 0.861. The molecule has 0 fully saturated rings. The zero-order valence-corrected chi connectivity index (χ0v) is 12.4. The fraction of sp³-hybridized carbons (Fsp3) is 0.278. The molecule has 2 aromatic carbocycles. The highest BCUT2D eigenvalue weighted by Crippen LogP contribution is 2.27. The summed E-state index contributed by atoms with van der Waals surface area (Å²) in [5, 5.41) is 2.78. The van der Waals surface area contributed by atoms with Gasteiger partial charge in [0.2, 0.25) is 0 Å². The van der Waals surface area contributed by atoms with Gasteiger partial charge in [-0.3, -0.25) is 4.79 Å². The highest BCUT2D eigenvalue weighted by molar-refractivity contribution is 5.94. The lowest BCUT2D eigenvalue weighted by Gasteiger charge is -2.19. The molecule has 0 bridgehead atoms. The third kappa shape index (κ3) is 3.11. The maximum atomic E-state index is 13.5. The topological polar surface area (TPSA) is 32.3 Å². The van der Waals surface area contributed by atoms with E-state index in [1.807, 2.05) is 0 Å². The Morgan fingerprint density at radius 2 is 1.91 bits per heavy atom. The minimum Gasteiger partial charge on any atom is -0.371 e. The summed E-state index contributed by atoms with van der Waals surface area (Å²) in [7, 11) is 0. The van der Waals surface area contributed by atoms with Crippen molar-refractivity contribution in [3.63, 3.8) is 0 Å². The van der Waals surface area contributed by atoms with Crippen molar-refractivity contribution in [1.29, 1.82) is 0 Å². The molecule has 4 heteroatoms. The van der Waals surface area contributed by atoms with E-state index < -0.39 is 5.82 Å². The van der Waals surface area contributed by atoms with Crippen LogP contribution in [0.25, 0.3) is 0 Å². The molecule has 2 aromatic rings. The number of carbonyl (C=O) groups excluding carboxylic acids is 1. The normalized spacial score (nSPS) is 13.0. The molecule has 1 N–H and O–H groups in total. The van der Waals surface area contributed by atoms with Gasteiger partial charge in [0.05, 0.1) is 5.56 Å². The summed E-state index contributed by atoms with van der Waals surface area (Å²) in [5.74, 6) is -0.826. The molecule has 114 valence electrons. The van der Waals surface area contributed by atoms with Gasteiger partial charge in [0.1, 0.15) is 5.82 Å². The van der Waals surface area contributed by atoms with Crippen molar-refractivity contribution >= 4 is 11.6 Å². The van der Waals surface area contributed by atoms with Crippen LogP contribution in [0, 0.1) is 5.82 Å². The number of anilines is 1. The molecule has 1 heterocycles. The first-order chi connectivity index (χ1) is 10.8. The van der Waals surface area contributed by atoms with E-state index >= 15 is 0 Å². The molecule has 0 saturated heterocycles. The van der Waals surface area contributed by atoms with Gasteiger partial charge < -0.3 is 10.2 Å². The number of hydrogen-bond acceptors (Lipinski definition) is 2. The van der Waals surface area contributed by atoms with Crippen LogP contribution in [0.2, 0.25) is 0 Å². The highest BCUT2D eigenvalue weighted by atomic mass is 19.1. The van der Waals surface area contributed by atoms with Crippen LogP contribution in [0.1, 0.15) is 22.3 Å². The lowest BCUT2D eigenvalue weighted by molar-refractivity contribution is 0.0949. The molecule has 0 spiro atoms. The third-order valence-corrected chi connectivity index (χ3v) is 3.99. The van der Waals surface area contributed by atoms with Crippen molar-refractivity contribution in [2.45, 2.75) is 12.8 Å². The van der Waals surface area contributed by atoms with Gasteiger partial charge in [-0.25, -0.2) is 4.39 Å². The zero-order chi connectivity index (χ0) is 15.4. The highest BCUT2D eigenvalue weighted by Gasteiger charge is 2.17. The number of nitrogens with one attached hydrogen (secondary N) is 1. The Morgan fingerprint density at radius 3 is 2.77 bits per heavy atom. The predicted molar refractivity (Wildman–Crippen MR) is 85.7 cm³/mol. The van der Waals surface area contributed by atoms with E-state index in [2.05, 4.69) is 34.5 Å². The summed E-state index contributed by atoms with van der Waals surface area (Å²) in [6.45, 7) is 2.47. The Morgan fingerprint density at radius 1 is 1.14 bits per heavy atom. The monoisotopic (exact) mass is 298 g/mol. The van der Waals surface area contributed by atoms with E-state index in [0.717, 1.165) is 25.9 Å². The second-order valence-corrected chi connectivity index (χ2v) is 5.46. The molecule has 0 unspecified atom stereocenters. The SMILES string of the molecule is O=C(NCCCN1CCc2ccccc21)c1ccccc1F. The first kappa shape index (κ1) is 14.6. The number of benzene rings is 2. The average molecular weight is 298 g/mol. The van der Waals surface area contributed by atoms with E-state index in [1.165, 1.54) is 23.4 Å². The molecular formula is C18H19FN2O. The number of amides is 1. The van der Waals surface area contributed by atoms with Gasteiger partial charge in [-0.15, -0.1) is 0 Å². The van der Waals surface area contributed by atoms with Crippen molar-refractivity contribution < 1.29 is 9.18 Å². The molecule has 3 nitrogen and oxygen atoms in total. The lowest BCUT2D eigenvalue weighted by atomic mass is 10.2. The Labute approximate surface area is 129 Å². The zero-order valence-electron chi connectivity index (χ0n) is 12.4. The summed E-state index contributed by atoms with van der Waals surface area (Å²) in [6, 6.07) is 14.5. The summed E-state index contributed by atoms with van der Waals surface area (Å²) in [6.07, 6.45) is 1.92. The van der Waals surface area contributed by atoms with Crippen LogP contribution in [-0.4, -0.2) is 25.5 Å². The lowest BCUT2D eigenvalue weighted by Crippen LogP contribution is -2.29. The second kappa shape index (κ2) is 6.60. The predicted octanol–water partition coefficient (Wildman–Crippen LogP) is 3.01. The molecule has 1 amide bonds. The van der Waals surface area contributed by atoms with Crippen molar-refractivity contribution in [1.82, 2.24) is 5.32 Å². The molecule has 0 aliphatic carbocycles. The van der Waals surface area contributed by atoms with Crippen molar-refractivity contribution in [2.75, 3.05) is 24.5 Å². The van der Waals surface area contributed by atoms with Gasteiger partial charge in [-0.2, -0.15) is 0 Å². The van der Waals surface area contributed by atoms with E-state index in [1.54, 1.807) is 12.1 Å². The van der Waals surface area contributed by atoms with Gasteiger partial charge in [0.15, 0.2) is 0 Å². The average Bonchev–Trinajstić information content (AvgIpc) is 2.95. The summed E-state index contributed by atoms with van der Waals surface area (Å²) in [5.41, 5.74) is 2.79. The number of hydrogen-bond donors (Lipinski definition) is 1. The minimum atomic E-state index is -0.478. The molecular weight excluding hydrogens is 279 g/mol. The molecule has 22 heavy (non-hydrogen) atoms. The number of rotatable bonds is 5. The largest absolute Gasteiger partial charge is 0.371 e. The third-order valence-electron chi connectivity index (χ3n) is 3.99. The van der Waals surface area contributed by atoms with E-state index in [9.17, 15) is 9.18 Å². The van der Waals surface area contributed by atoms with Gasteiger partial charge in [0.25, 0.3) is 5.91 Å². The fourth-order valence-electron chi connectivity index (χ4n) is 2.85. The Hall–Kier alpha value is -2.36. The van der Waals surface area contributed by atoms with E-state index in [4.69, 9.17) is 0 Å². The van der Waals surface area contributed by atoms with Gasteiger partial charge in [-0.1, -0.05) is 30.3 Å². The molecule has 0 radical (unpaired) electrons. The maximum Gasteiger partial charge on any atom is 0.254 e. The first-order valence-corrected chi connectivity index (χ1v) is 7.61. The van der Waals surface area contributed by atoms with Crippen LogP contribution < -0.4 is 10.2 Å². The maximum absolute atomic E-state index is 13.5. The van der Waals surface area contributed by atoms with Crippen LogP contribution in [0.4, 0.5) is 10.1 Å². The molecule has 1 aliphatic heterocycles. The van der Waals surface area contributed by atoms with Crippen LogP contribution >= 0.6 is 0 Å². The number of fused-ring (bicyclic) bond motifs is 1. The second-order valence-electron chi connectivity index (χ2n) is 5.46. The standard InChI is InChI=1S/C18H19FN2O/c19-16-8-3-2-7-15(16)18(22)20-11-5-12-21-13-10-14-6-1-4-9-17(14)21/h1-4,6-9H,5,10-13H2,(H,20,22). The minimum absolute atomic E-state index is 0.106. The van der Waals surface area contributed by atoms with Gasteiger partial charge >= 0.3 is 0 Å². The molecule has 0 atom stereocenters. The van der Waals surface area contributed by atoms with Crippen molar-refractivity contribution in [3.05, 3.63) is 65.5 Å². The van der Waals surface area contributed by atoms with Crippen LogP contribution in [-0.2, 0) is 6.42 Å². The number of para-hydroxylation sites is 1. The molecule has 1 aliphatic rings. The van der Waals surface area contributed by atoms with Gasteiger partial charge in [-0.05, 0) is 36.6 Å². The van der Waals surface area contributed by atoms with Crippen molar-refractivity contribution in [3.8, 4) is 0 Å².